The Balaban J connectivity index is 0.000000754. The van der Waals surface area contributed by atoms with Gasteiger partial charge in [0, 0.05) is 49.8 Å². The largest absolute Gasteiger partial charge is 0.343 e. The number of benzene rings is 7. The predicted molar refractivity (Wildman–Crippen MR) is 267 cm³/mol. The van der Waals surface area contributed by atoms with Crippen molar-refractivity contribution < 1.29 is 0 Å². The van der Waals surface area contributed by atoms with Crippen molar-refractivity contribution in [2.24, 2.45) is 0 Å². The average molecular weight is 819 g/mol. The molecule has 300 valence electrons. The van der Waals surface area contributed by atoms with E-state index in [1.54, 1.807) is 0 Å². The van der Waals surface area contributed by atoms with Crippen LogP contribution in [0.1, 0.15) is 23.7 Å². The molecule has 0 spiro atoms. The van der Waals surface area contributed by atoms with Crippen LogP contribution in [0.4, 0.5) is 11.4 Å². The molecule has 0 radical (unpaired) electrons. The van der Waals surface area contributed by atoms with E-state index < -0.39 is 0 Å². The Morgan fingerprint density at radius 2 is 1.37 bits per heavy atom. The molecule has 0 amide bonds. The standard InChI is InChI=1S/C51H40N4S.C6H6/c1-6-9-19-39-33(4)24-28-45-49(39)41-27-25-35(36-26-29-44-48(32-36)56-47-23-13-12-22-43(47)54(44)5)31-46(41)55(45)38-18-14-17-37(30-38)51-52-42-21-11-10-20-40(42)50(53-51)34(15-7-2)16-8-3;1-2-4-6-5-3-1/h6-32H,1-2H2,3-5H3;1-6H/b16-8-,19-9-,34-15+;. The summed E-state index contributed by atoms with van der Waals surface area (Å²) >= 11 is 1.84. The lowest BCUT2D eigenvalue weighted by molar-refractivity contribution is 1.11. The van der Waals surface area contributed by atoms with Crippen molar-refractivity contribution >= 4 is 67.5 Å². The van der Waals surface area contributed by atoms with E-state index in [2.05, 4.69) is 158 Å². The second-order valence-electron chi connectivity index (χ2n) is 15.1. The van der Waals surface area contributed by atoms with E-state index in [9.17, 15) is 0 Å². The van der Waals surface area contributed by atoms with E-state index in [0.717, 1.165) is 50.0 Å². The van der Waals surface area contributed by atoms with Gasteiger partial charge in [-0.15, -0.1) is 0 Å². The molecule has 0 fully saturated rings. The van der Waals surface area contributed by atoms with E-state index in [4.69, 9.17) is 9.97 Å². The Kier molecular flexibility index (Phi) is 11.4. The van der Waals surface area contributed by atoms with E-state index in [-0.39, 0.29) is 0 Å². The number of anilines is 2. The Labute approximate surface area is 368 Å². The molecule has 0 unspecified atom stereocenters. The highest BCUT2D eigenvalue weighted by molar-refractivity contribution is 7.99. The van der Waals surface area contributed by atoms with Crippen LogP contribution >= 0.6 is 11.8 Å². The van der Waals surface area contributed by atoms with Gasteiger partial charge in [0.05, 0.1) is 33.6 Å². The molecule has 7 aromatic carbocycles. The summed E-state index contributed by atoms with van der Waals surface area (Å²) < 4.78 is 2.39. The molecule has 0 saturated heterocycles. The fourth-order valence-electron chi connectivity index (χ4n) is 8.31. The zero-order chi connectivity index (χ0) is 42.6. The highest BCUT2D eigenvalue weighted by atomic mass is 32.2. The highest BCUT2D eigenvalue weighted by Crippen LogP contribution is 2.49. The Morgan fingerprint density at radius 3 is 2.16 bits per heavy atom. The molecule has 9 aromatic rings. The lowest BCUT2D eigenvalue weighted by Crippen LogP contribution is -2.14. The number of hydrogen-bond donors (Lipinski definition) is 0. The maximum absolute atomic E-state index is 5.21. The van der Waals surface area contributed by atoms with Crippen LogP contribution in [0.5, 0.6) is 0 Å². The minimum atomic E-state index is 0.671. The van der Waals surface area contributed by atoms with Crippen LogP contribution in [-0.4, -0.2) is 21.6 Å². The zero-order valence-electron chi connectivity index (χ0n) is 35.2. The monoisotopic (exact) mass is 818 g/mol. The third kappa shape index (κ3) is 7.59. The van der Waals surface area contributed by atoms with E-state index in [0.29, 0.717) is 5.82 Å². The van der Waals surface area contributed by atoms with Crippen molar-refractivity contribution in [1.29, 1.82) is 0 Å². The summed E-state index contributed by atoms with van der Waals surface area (Å²) in [5.74, 6) is 0.671. The average Bonchev–Trinajstić information content (AvgIpc) is 3.65. The molecule has 3 heterocycles. The topological polar surface area (TPSA) is 34.0 Å². The van der Waals surface area contributed by atoms with Crippen LogP contribution in [0.15, 0.2) is 217 Å². The molecule has 62 heavy (non-hydrogen) atoms. The number of hydrogen-bond acceptors (Lipinski definition) is 4. The number of aryl methyl sites for hydroxylation is 1. The van der Waals surface area contributed by atoms with Crippen LogP contribution in [0.25, 0.3) is 72.6 Å². The normalized spacial score (nSPS) is 12.4. The van der Waals surface area contributed by atoms with Crippen molar-refractivity contribution in [3.8, 4) is 28.2 Å². The van der Waals surface area contributed by atoms with Gasteiger partial charge in [0.25, 0.3) is 0 Å². The van der Waals surface area contributed by atoms with E-state index >= 15 is 0 Å². The molecule has 0 atom stereocenters. The molecular weight excluding hydrogens is 773 g/mol. The summed E-state index contributed by atoms with van der Waals surface area (Å²) in [6.07, 6.45) is 14.0. The number of fused-ring (bicyclic) bond motifs is 6. The first-order valence-corrected chi connectivity index (χ1v) is 21.6. The van der Waals surface area contributed by atoms with Gasteiger partial charge in [-0.2, -0.15) is 0 Å². The van der Waals surface area contributed by atoms with Gasteiger partial charge in [-0.25, -0.2) is 9.97 Å². The van der Waals surface area contributed by atoms with Crippen LogP contribution < -0.4 is 4.90 Å². The summed E-state index contributed by atoms with van der Waals surface area (Å²) in [5.41, 5.74) is 14.2. The predicted octanol–water partition coefficient (Wildman–Crippen LogP) is 15.6. The smallest absolute Gasteiger partial charge is 0.160 e. The fraction of sp³-hybridized carbons (Fsp3) is 0.0526. The first-order chi connectivity index (χ1) is 30.5. The van der Waals surface area contributed by atoms with Gasteiger partial charge in [-0.1, -0.05) is 171 Å². The van der Waals surface area contributed by atoms with Crippen molar-refractivity contribution in [3.63, 3.8) is 0 Å². The van der Waals surface area contributed by atoms with Crippen molar-refractivity contribution in [1.82, 2.24) is 14.5 Å². The number of nitrogens with zero attached hydrogens (tertiary/aromatic N) is 4. The fourth-order valence-corrected chi connectivity index (χ4v) is 9.50. The molecule has 4 nitrogen and oxygen atoms in total. The molecular formula is C57H46N4S. The quantitative estimate of drug-likeness (QED) is 0.143. The molecule has 1 aliphatic rings. The summed E-state index contributed by atoms with van der Waals surface area (Å²) in [5, 5.41) is 3.40. The van der Waals surface area contributed by atoms with Crippen LogP contribution in [0, 0.1) is 6.92 Å². The number of rotatable bonds is 8. The molecule has 2 aromatic heterocycles. The van der Waals surface area contributed by atoms with Gasteiger partial charge in [0.1, 0.15) is 0 Å². The SMILES string of the molecule is C=C/C=C\c1c(C)ccc2c1c1ccc(-c3ccc4c(c3)Sc3ccccc3N4C)cc1n2-c1cccc(-c2nc(C(/C=C\C)=C/C=C)c3ccccc3n2)c1.c1ccccc1. The molecule has 10 rings (SSSR count). The van der Waals surface area contributed by atoms with Crippen LogP contribution in [-0.2, 0) is 0 Å². The maximum atomic E-state index is 5.21. The van der Waals surface area contributed by atoms with Crippen molar-refractivity contribution in [2.75, 3.05) is 11.9 Å². The molecule has 0 bridgehead atoms. The Bertz CT molecular complexity index is 3210. The molecule has 0 N–H and O–H groups in total. The minimum absolute atomic E-state index is 0.671. The third-order valence-electron chi connectivity index (χ3n) is 11.2. The summed E-state index contributed by atoms with van der Waals surface area (Å²) in [6, 6.07) is 55.6. The summed E-state index contributed by atoms with van der Waals surface area (Å²) in [7, 11) is 2.15. The zero-order valence-corrected chi connectivity index (χ0v) is 36.0. The second kappa shape index (κ2) is 17.6. The van der Waals surface area contributed by atoms with Gasteiger partial charge in [0.2, 0.25) is 0 Å². The minimum Gasteiger partial charge on any atom is -0.343 e. The van der Waals surface area contributed by atoms with Crippen molar-refractivity contribution in [3.05, 3.63) is 224 Å². The first kappa shape index (κ1) is 40.0. The van der Waals surface area contributed by atoms with Crippen LogP contribution in [0.2, 0.25) is 0 Å². The molecule has 1 aliphatic heterocycles. The molecule has 0 saturated carbocycles. The van der Waals surface area contributed by atoms with Gasteiger partial charge < -0.3 is 9.47 Å². The Hall–Kier alpha value is -7.47. The summed E-state index contributed by atoms with van der Waals surface area (Å²) in [4.78, 5) is 15.1. The highest BCUT2D eigenvalue weighted by Gasteiger charge is 2.22. The maximum Gasteiger partial charge on any atom is 0.160 e. The van der Waals surface area contributed by atoms with Crippen LogP contribution in [0.3, 0.4) is 0 Å². The summed E-state index contributed by atoms with van der Waals surface area (Å²) in [6.45, 7) is 12.1. The molecule has 0 aliphatic carbocycles. The third-order valence-corrected chi connectivity index (χ3v) is 12.4. The van der Waals surface area contributed by atoms with E-state index in [1.807, 2.05) is 97.6 Å². The molecule has 5 heteroatoms. The number of para-hydroxylation sites is 2. The first-order valence-electron chi connectivity index (χ1n) is 20.8. The Morgan fingerprint density at radius 1 is 0.629 bits per heavy atom. The lowest BCUT2D eigenvalue weighted by Gasteiger charge is -2.29. The van der Waals surface area contributed by atoms with E-state index in [1.165, 1.54) is 48.6 Å². The second-order valence-corrected chi connectivity index (χ2v) is 16.2. The van der Waals surface area contributed by atoms with Gasteiger partial charge in [0.15, 0.2) is 5.82 Å². The van der Waals surface area contributed by atoms with Crippen molar-refractivity contribution in [2.45, 2.75) is 23.6 Å². The van der Waals surface area contributed by atoms with Gasteiger partial charge >= 0.3 is 0 Å². The number of allylic oxidation sites excluding steroid dienone is 7. The van der Waals surface area contributed by atoms with Gasteiger partial charge in [-0.3, -0.25) is 0 Å². The lowest BCUT2D eigenvalue weighted by atomic mass is 9.99. The van der Waals surface area contributed by atoms with Gasteiger partial charge in [-0.05, 0) is 90.7 Å². The number of aromatic nitrogens is 3.